The number of nitrogens with one attached hydrogen (secondary N) is 1. The van der Waals surface area contributed by atoms with Gasteiger partial charge in [-0.3, -0.25) is 4.90 Å². The van der Waals surface area contributed by atoms with E-state index in [1.807, 2.05) is 88.5 Å². The molecule has 168 valence electrons. The number of rotatable bonds is 5. The summed E-state index contributed by atoms with van der Waals surface area (Å²) in [6.07, 6.45) is -0.521. The predicted molar refractivity (Wildman–Crippen MR) is 121 cm³/mol. The maximum absolute atomic E-state index is 12.6. The van der Waals surface area contributed by atoms with Crippen LogP contribution in [0, 0.1) is 0 Å². The van der Waals surface area contributed by atoms with Gasteiger partial charge in [0.15, 0.2) is 5.79 Å². The molecule has 1 amide bonds. The van der Waals surface area contributed by atoms with Crippen LogP contribution >= 0.6 is 0 Å². The van der Waals surface area contributed by atoms with E-state index in [1.54, 1.807) is 0 Å². The van der Waals surface area contributed by atoms with Crippen molar-refractivity contribution in [3.63, 3.8) is 0 Å². The molecule has 1 fully saturated rings. The third-order valence-electron chi connectivity index (χ3n) is 5.59. The number of ether oxygens (including phenoxy) is 2. The molecule has 0 aliphatic carbocycles. The molecule has 2 aromatic carbocycles. The molecule has 0 bridgehead atoms. The number of aliphatic hydroxyl groups is 1. The molecule has 1 saturated heterocycles. The molecule has 2 aromatic rings. The van der Waals surface area contributed by atoms with Gasteiger partial charge in [-0.25, -0.2) is 4.79 Å². The van der Waals surface area contributed by atoms with Crippen molar-refractivity contribution >= 4 is 6.09 Å². The number of alkyl carbamates (subject to hydrolysis) is 1. The van der Waals surface area contributed by atoms with Crippen molar-refractivity contribution in [1.29, 1.82) is 0 Å². The fourth-order valence-electron chi connectivity index (χ4n) is 3.89. The average Bonchev–Trinajstić information content (AvgIpc) is 2.70. The van der Waals surface area contributed by atoms with Gasteiger partial charge in [0.2, 0.25) is 0 Å². The first-order chi connectivity index (χ1) is 14.6. The molecule has 6 heteroatoms. The molecule has 2 N–H and O–H groups in total. The molecule has 0 aromatic heterocycles. The molecule has 4 atom stereocenters. The minimum atomic E-state index is -1.60. The summed E-state index contributed by atoms with van der Waals surface area (Å²) in [7, 11) is 1.96. The van der Waals surface area contributed by atoms with Gasteiger partial charge in [-0.15, -0.1) is 0 Å². The zero-order chi connectivity index (χ0) is 22.6. The maximum Gasteiger partial charge on any atom is 0.408 e. The molecule has 0 spiro atoms. The SMILES string of the molecule is C[C@@H]1[C@@H](c2ccccc2)OC(O)([C@H](Cc2ccccc2)NC(=O)OC(C)(C)C)CN1C. The van der Waals surface area contributed by atoms with Gasteiger partial charge in [-0.05, 0) is 52.3 Å². The lowest BCUT2D eigenvalue weighted by Gasteiger charge is -2.49. The van der Waals surface area contributed by atoms with Crippen molar-refractivity contribution in [1.82, 2.24) is 10.2 Å². The first-order valence-electron chi connectivity index (χ1n) is 10.8. The molecular formula is C25H34N2O4. The van der Waals surface area contributed by atoms with Crippen LogP contribution in [-0.4, -0.2) is 53.2 Å². The fraction of sp³-hybridized carbons (Fsp3) is 0.480. The number of benzene rings is 2. The molecule has 0 radical (unpaired) electrons. The highest BCUT2D eigenvalue weighted by Gasteiger charge is 2.48. The number of carbonyl (C=O) groups is 1. The Balaban J connectivity index is 1.90. The quantitative estimate of drug-likeness (QED) is 0.759. The van der Waals surface area contributed by atoms with Gasteiger partial charge in [0, 0.05) is 6.04 Å². The second-order valence-electron chi connectivity index (χ2n) is 9.34. The zero-order valence-electron chi connectivity index (χ0n) is 19.0. The number of hydrogen-bond acceptors (Lipinski definition) is 5. The van der Waals surface area contributed by atoms with Crippen molar-refractivity contribution in [2.45, 2.75) is 63.7 Å². The van der Waals surface area contributed by atoms with E-state index in [-0.39, 0.29) is 18.7 Å². The summed E-state index contributed by atoms with van der Waals surface area (Å²) in [6, 6.07) is 19.0. The number of hydrogen-bond donors (Lipinski definition) is 2. The molecule has 1 heterocycles. The van der Waals surface area contributed by atoms with Gasteiger partial charge in [0.05, 0.1) is 12.6 Å². The predicted octanol–water partition coefficient (Wildman–Crippen LogP) is 3.90. The largest absolute Gasteiger partial charge is 0.444 e. The Morgan fingerprint density at radius 1 is 1.19 bits per heavy atom. The lowest BCUT2D eigenvalue weighted by Crippen LogP contribution is -2.65. The summed E-state index contributed by atoms with van der Waals surface area (Å²) in [6.45, 7) is 7.76. The van der Waals surface area contributed by atoms with Crippen LogP contribution < -0.4 is 5.32 Å². The Morgan fingerprint density at radius 2 is 1.77 bits per heavy atom. The van der Waals surface area contributed by atoms with E-state index in [4.69, 9.17) is 9.47 Å². The first kappa shape index (κ1) is 23.3. The van der Waals surface area contributed by atoms with Crippen molar-refractivity contribution in [3.05, 3.63) is 71.8 Å². The number of morpholine rings is 1. The molecule has 6 nitrogen and oxygen atoms in total. The zero-order valence-corrected chi connectivity index (χ0v) is 19.0. The van der Waals surface area contributed by atoms with Crippen molar-refractivity contribution in [3.8, 4) is 0 Å². The number of likely N-dealkylation sites (N-methyl/N-ethyl adjacent to an activating group) is 1. The smallest absolute Gasteiger partial charge is 0.408 e. The van der Waals surface area contributed by atoms with Crippen molar-refractivity contribution < 1.29 is 19.4 Å². The van der Waals surface area contributed by atoms with Gasteiger partial charge in [0.1, 0.15) is 11.7 Å². The van der Waals surface area contributed by atoms with Crippen LogP contribution in [0.5, 0.6) is 0 Å². The second kappa shape index (κ2) is 9.39. The summed E-state index contributed by atoms with van der Waals surface area (Å²) in [5.74, 6) is -1.60. The Labute approximate surface area is 185 Å². The normalized spacial score (nSPS) is 25.6. The minimum absolute atomic E-state index is 0.0570. The molecule has 1 unspecified atom stereocenters. The maximum atomic E-state index is 12.6. The summed E-state index contributed by atoms with van der Waals surface area (Å²) < 4.78 is 11.8. The number of nitrogens with zero attached hydrogens (tertiary/aromatic N) is 1. The molecular weight excluding hydrogens is 392 g/mol. The van der Waals surface area contributed by atoms with Crippen molar-refractivity contribution in [2.75, 3.05) is 13.6 Å². The Bertz CT molecular complexity index is 853. The van der Waals surface area contributed by atoms with E-state index in [2.05, 4.69) is 17.1 Å². The van der Waals surface area contributed by atoms with Gasteiger partial charge < -0.3 is 19.9 Å². The van der Waals surface area contributed by atoms with Crippen LogP contribution in [0.2, 0.25) is 0 Å². The van der Waals surface area contributed by atoms with Crippen LogP contribution in [-0.2, 0) is 15.9 Å². The third-order valence-corrected chi connectivity index (χ3v) is 5.59. The lowest BCUT2D eigenvalue weighted by atomic mass is 9.92. The van der Waals surface area contributed by atoms with E-state index >= 15 is 0 Å². The number of amides is 1. The molecule has 3 rings (SSSR count). The number of β-amino-alcohol motifs (C(OH)–C–C–N with tert-alkyl or cyclic N) is 1. The Morgan fingerprint density at radius 3 is 2.35 bits per heavy atom. The second-order valence-corrected chi connectivity index (χ2v) is 9.34. The fourth-order valence-corrected chi connectivity index (χ4v) is 3.89. The van der Waals surface area contributed by atoms with Gasteiger partial charge in [0.25, 0.3) is 0 Å². The van der Waals surface area contributed by atoms with E-state index in [1.165, 1.54) is 0 Å². The lowest BCUT2D eigenvalue weighted by molar-refractivity contribution is -0.293. The van der Waals surface area contributed by atoms with Crippen LogP contribution in [0.15, 0.2) is 60.7 Å². The Hall–Kier alpha value is -2.41. The van der Waals surface area contributed by atoms with Gasteiger partial charge in [-0.2, -0.15) is 0 Å². The third kappa shape index (κ3) is 6.06. The highest BCUT2D eigenvalue weighted by atomic mass is 16.6. The molecule has 0 saturated carbocycles. The highest BCUT2D eigenvalue weighted by molar-refractivity contribution is 5.68. The minimum Gasteiger partial charge on any atom is -0.444 e. The molecule has 31 heavy (non-hydrogen) atoms. The summed E-state index contributed by atoms with van der Waals surface area (Å²) in [4.78, 5) is 14.7. The highest BCUT2D eigenvalue weighted by Crippen LogP contribution is 2.36. The van der Waals surface area contributed by atoms with Gasteiger partial charge in [-0.1, -0.05) is 60.7 Å². The summed E-state index contributed by atoms with van der Waals surface area (Å²) >= 11 is 0. The van der Waals surface area contributed by atoms with Crippen LogP contribution in [0.25, 0.3) is 0 Å². The topological polar surface area (TPSA) is 71.0 Å². The number of carbonyl (C=O) groups excluding carboxylic acids is 1. The van der Waals surface area contributed by atoms with E-state index in [0.29, 0.717) is 6.42 Å². The van der Waals surface area contributed by atoms with Gasteiger partial charge >= 0.3 is 6.09 Å². The standard InChI is InChI=1S/C25H34N2O4/c1-18-22(20-14-10-7-11-15-20)30-25(29,17-27(18)5)21(16-19-12-8-6-9-13-19)26-23(28)31-24(2,3)4/h6-15,18,21-22,29H,16-17H2,1-5H3,(H,26,28)/t18-,21+,22+,25?/m1/s1. The van der Waals surface area contributed by atoms with Crippen LogP contribution in [0.1, 0.15) is 44.9 Å². The van der Waals surface area contributed by atoms with Crippen LogP contribution in [0.4, 0.5) is 4.79 Å². The van der Waals surface area contributed by atoms with Crippen molar-refractivity contribution in [2.24, 2.45) is 0 Å². The Kier molecular flexibility index (Phi) is 7.04. The molecule has 1 aliphatic rings. The summed E-state index contributed by atoms with van der Waals surface area (Å²) in [5, 5.41) is 14.6. The van der Waals surface area contributed by atoms with E-state index in [0.717, 1.165) is 11.1 Å². The molecule has 1 aliphatic heterocycles. The van der Waals surface area contributed by atoms with E-state index in [9.17, 15) is 9.90 Å². The average molecular weight is 427 g/mol. The monoisotopic (exact) mass is 426 g/mol. The van der Waals surface area contributed by atoms with Crippen LogP contribution in [0.3, 0.4) is 0 Å². The first-order valence-corrected chi connectivity index (χ1v) is 10.8. The summed E-state index contributed by atoms with van der Waals surface area (Å²) in [5.41, 5.74) is 1.32. The van der Waals surface area contributed by atoms with E-state index < -0.39 is 23.5 Å².